The molecule has 1 rings (SSSR count). The SMILES string of the molecule is Cc1c(NC(=O)N(CCC#N)CCCN(C)C)cccc1OCC(F)(F)F. The molecule has 6 nitrogen and oxygen atoms in total. The van der Waals surface area contributed by atoms with E-state index >= 15 is 0 Å². The van der Waals surface area contributed by atoms with Gasteiger partial charge in [0.25, 0.3) is 0 Å². The van der Waals surface area contributed by atoms with E-state index in [9.17, 15) is 18.0 Å². The van der Waals surface area contributed by atoms with E-state index in [0.29, 0.717) is 17.8 Å². The molecule has 27 heavy (non-hydrogen) atoms. The molecular weight excluding hydrogens is 361 g/mol. The highest BCUT2D eigenvalue weighted by atomic mass is 19.4. The minimum Gasteiger partial charge on any atom is -0.484 e. The molecule has 0 aromatic heterocycles. The van der Waals surface area contributed by atoms with Crippen LogP contribution in [0, 0.1) is 18.3 Å². The lowest BCUT2D eigenvalue weighted by Crippen LogP contribution is -2.37. The van der Waals surface area contributed by atoms with Gasteiger partial charge in [-0.1, -0.05) is 6.07 Å². The van der Waals surface area contributed by atoms with Gasteiger partial charge in [0.1, 0.15) is 5.75 Å². The fourth-order valence-corrected chi connectivity index (χ4v) is 2.34. The minimum absolute atomic E-state index is 0.0568. The van der Waals surface area contributed by atoms with Crippen LogP contribution in [-0.2, 0) is 0 Å². The number of alkyl halides is 3. The zero-order valence-corrected chi connectivity index (χ0v) is 15.8. The summed E-state index contributed by atoms with van der Waals surface area (Å²) in [6.45, 7) is 1.71. The molecule has 0 saturated carbocycles. The molecule has 150 valence electrons. The van der Waals surface area contributed by atoms with Crippen molar-refractivity contribution >= 4 is 11.7 Å². The molecule has 0 radical (unpaired) electrons. The quantitative estimate of drug-likeness (QED) is 0.704. The Morgan fingerprint density at radius 1 is 1.26 bits per heavy atom. The number of amides is 2. The number of nitriles is 1. The Labute approximate surface area is 157 Å². The van der Waals surface area contributed by atoms with Crippen molar-refractivity contribution in [3.8, 4) is 11.8 Å². The van der Waals surface area contributed by atoms with Crippen molar-refractivity contribution in [3.05, 3.63) is 23.8 Å². The van der Waals surface area contributed by atoms with Crippen LogP contribution in [0.25, 0.3) is 0 Å². The highest BCUT2D eigenvalue weighted by Crippen LogP contribution is 2.27. The van der Waals surface area contributed by atoms with Gasteiger partial charge in [0.15, 0.2) is 6.61 Å². The van der Waals surface area contributed by atoms with Crippen LogP contribution in [0.3, 0.4) is 0 Å². The maximum atomic E-state index is 12.5. The second kappa shape index (κ2) is 10.6. The molecule has 1 aromatic carbocycles. The Balaban J connectivity index is 2.80. The summed E-state index contributed by atoms with van der Waals surface area (Å²) in [5.41, 5.74) is 0.776. The molecule has 0 aliphatic heterocycles. The molecule has 1 N–H and O–H groups in total. The van der Waals surface area contributed by atoms with Crippen molar-refractivity contribution in [2.75, 3.05) is 45.7 Å². The third kappa shape index (κ3) is 8.64. The molecule has 0 aliphatic rings. The number of hydrogen-bond donors (Lipinski definition) is 1. The summed E-state index contributed by atoms with van der Waals surface area (Å²) in [6, 6.07) is 6.13. The summed E-state index contributed by atoms with van der Waals surface area (Å²) >= 11 is 0. The Morgan fingerprint density at radius 3 is 2.56 bits per heavy atom. The first-order chi connectivity index (χ1) is 12.6. The van der Waals surface area contributed by atoms with E-state index in [-0.39, 0.29) is 18.7 Å². The molecule has 0 unspecified atom stereocenters. The summed E-state index contributed by atoms with van der Waals surface area (Å²) in [5.74, 6) is 0.0568. The molecular formula is C18H25F3N4O2. The lowest BCUT2D eigenvalue weighted by atomic mass is 10.2. The Hall–Kier alpha value is -2.47. The van der Waals surface area contributed by atoms with E-state index in [2.05, 4.69) is 5.32 Å². The predicted molar refractivity (Wildman–Crippen MR) is 96.7 cm³/mol. The largest absolute Gasteiger partial charge is 0.484 e. The second-order valence-electron chi connectivity index (χ2n) is 6.31. The van der Waals surface area contributed by atoms with Crippen molar-refractivity contribution in [1.29, 1.82) is 5.26 Å². The van der Waals surface area contributed by atoms with Crippen LogP contribution in [0.4, 0.5) is 23.7 Å². The average Bonchev–Trinajstić information content (AvgIpc) is 2.57. The standard InChI is InChI=1S/C18H25F3N4O2/c1-14-15(7-4-8-16(14)27-13-18(19,20)21)23-17(26)25(11-5-9-22)12-6-10-24(2)3/h4,7-8H,5-6,10-13H2,1-3H3,(H,23,26). The van der Waals surface area contributed by atoms with Gasteiger partial charge in [-0.2, -0.15) is 18.4 Å². The first-order valence-corrected chi connectivity index (χ1v) is 8.51. The van der Waals surface area contributed by atoms with Gasteiger partial charge in [0.2, 0.25) is 0 Å². The minimum atomic E-state index is -4.44. The third-order valence-electron chi connectivity index (χ3n) is 3.73. The average molecular weight is 386 g/mol. The fourth-order valence-electron chi connectivity index (χ4n) is 2.34. The molecule has 2 amide bonds. The summed E-state index contributed by atoms with van der Waals surface area (Å²) < 4.78 is 41.9. The van der Waals surface area contributed by atoms with Gasteiger partial charge >= 0.3 is 12.2 Å². The van der Waals surface area contributed by atoms with Crippen molar-refractivity contribution in [2.45, 2.75) is 25.9 Å². The van der Waals surface area contributed by atoms with Gasteiger partial charge in [0.05, 0.1) is 12.5 Å². The van der Waals surface area contributed by atoms with Gasteiger partial charge in [-0.15, -0.1) is 0 Å². The number of carbonyl (C=O) groups is 1. The number of rotatable bonds is 9. The highest BCUT2D eigenvalue weighted by molar-refractivity contribution is 5.90. The normalized spacial score (nSPS) is 11.2. The number of urea groups is 1. The summed E-state index contributed by atoms with van der Waals surface area (Å²) in [4.78, 5) is 16.1. The van der Waals surface area contributed by atoms with E-state index in [1.54, 1.807) is 13.0 Å². The van der Waals surface area contributed by atoms with Gasteiger partial charge < -0.3 is 19.9 Å². The molecule has 0 atom stereocenters. The van der Waals surface area contributed by atoms with E-state index in [0.717, 1.165) is 13.0 Å². The van der Waals surface area contributed by atoms with Crippen molar-refractivity contribution in [3.63, 3.8) is 0 Å². The number of anilines is 1. The molecule has 9 heteroatoms. The first kappa shape index (κ1) is 22.6. The number of halogens is 3. The Kier molecular flexibility index (Phi) is 8.88. The fraction of sp³-hybridized carbons (Fsp3) is 0.556. The Bertz CT molecular complexity index is 657. The van der Waals surface area contributed by atoms with Gasteiger partial charge in [-0.3, -0.25) is 0 Å². The van der Waals surface area contributed by atoms with Crippen LogP contribution in [0.1, 0.15) is 18.4 Å². The first-order valence-electron chi connectivity index (χ1n) is 8.51. The van der Waals surface area contributed by atoms with Crippen molar-refractivity contribution < 1.29 is 22.7 Å². The van der Waals surface area contributed by atoms with Crippen LogP contribution in [0.15, 0.2) is 18.2 Å². The van der Waals surface area contributed by atoms with E-state index in [1.165, 1.54) is 17.0 Å². The molecule has 0 bridgehead atoms. The maximum absolute atomic E-state index is 12.5. The summed E-state index contributed by atoms with van der Waals surface area (Å²) in [5, 5.41) is 11.5. The molecule has 0 aliphatic carbocycles. The number of nitrogens with one attached hydrogen (secondary N) is 1. The molecule has 0 saturated heterocycles. The molecule has 1 aromatic rings. The van der Waals surface area contributed by atoms with Gasteiger partial charge in [-0.25, -0.2) is 4.79 Å². The van der Waals surface area contributed by atoms with Gasteiger partial charge in [-0.05, 0) is 46.1 Å². The van der Waals surface area contributed by atoms with Crippen LogP contribution in [-0.4, -0.2) is 62.3 Å². The summed E-state index contributed by atoms with van der Waals surface area (Å²) in [6.07, 6.45) is -3.51. The number of nitrogens with zero attached hydrogens (tertiary/aromatic N) is 3. The van der Waals surface area contributed by atoms with E-state index in [4.69, 9.17) is 10.00 Å². The number of hydrogen-bond acceptors (Lipinski definition) is 4. The molecule has 0 spiro atoms. The van der Waals surface area contributed by atoms with Crippen molar-refractivity contribution in [1.82, 2.24) is 9.80 Å². The van der Waals surface area contributed by atoms with Gasteiger partial charge in [0, 0.05) is 24.3 Å². The lowest BCUT2D eigenvalue weighted by Gasteiger charge is -2.24. The number of ether oxygens (including phenoxy) is 1. The maximum Gasteiger partial charge on any atom is 0.422 e. The highest BCUT2D eigenvalue weighted by Gasteiger charge is 2.28. The predicted octanol–water partition coefficient (Wildman–Crippen LogP) is 3.64. The zero-order chi connectivity index (χ0) is 20.4. The molecule has 0 fully saturated rings. The lowest BCUT2D eigenvalue weighted by molar-refractivity contribution is -0.153. The van der Waals surface area contributed by atoms with Crippen molar-refractivity contribution in [2.24, 2.45) is 0 Å². The zero-order valence-electron chi connectivity index (χ0n) is 15.8. The Morgan fingerprint density at radius 2 is 1.96 bits per heavy atom. The van der Waals surface area contributed by atoms with Crippen LogP contribution >= 0.6 is 0 Å². The topological polar surface area (TPSA) is 68.6 Å². The van der Waals surface area contributed by atoms with E-state index < -0.39 is 18.8 Å². The third-order valence-corrected chi connectivity index (χ3v) is 3.73. The number of benzene rings is 1. The second-order valence-corrected chi connectivity index (χ2v) is 6.31. The number of carbonyl (C=O) groups excluding carboxylic acids is 1. The van der Waals surface area contributed by atoms with Crippen LogP contribution in [0.5, 0.6) is 5.75 Å². The van der Waals surface area contributed by atoms with E-state index in [1.807, 2.05) is 25.1 Å². The van der Waals surface area contributed by atoms with Crippen LogP contribution < -0.4 is 10.1 Å². The molecule has 0 heterocycles. The summed E-state index contributed by atoms with van der Waals surface area (Å²) in [7, 11) is 3.85. The monoisotopic (exact) mass is 386 g/mol. The smallest absolute Gasteiger partial charge is 0.422 e. The van der Waals surface area contributed by atoms with Crippen LogP contribution in [0.2, 0.25) is 0 Å².